The van der Waals surface area contributed by atoms with E-state index in [1.165, 1.54) is 6.42 Å². The van der Waals surface area contributed by atoms with E-state index in [0.717, 1.165) is 0 Å². The number of halogens is 1. The van der Waals surface area contributed by atoms with E-state index < -0.39 is 0 Å². The smallest absolute Gasteiger partial charge is 0.0410 e. The first-order valence-corrected chi connectivity index (χ1v) is 3.82. The van der Waals surface area contributed by atoms with E-state index in [1.54, 1.807) is 0 Å². The van der Waals surface area contributed by atoms with Crippen molar-refractivity contribution in [1.82, 2.24) is 0 Å². The van der Waals surface area contributed by atoms with Gasteiger partial charge in [-0.3, -0.25) is 0 Å². The lowest BCUT2D eigenvalue weighted by Crippen LogP contribution is -2.10. The quantitative estimate of drug-likeness (QED) is 0.435. The first-order valence-electron chi connectivity index (χ1n) is 2.74. The van der Waals surface area contributed by atoms with Gasteiger partial charge in [0, 0.05) is 3.42 Å². The Bertz CT molecular complexity index is 131. The van der Waals surface area contributed by atoms with Gasteiger partial charge in [-0.05, 0) is 13.3 Å². The molecular formula is C7H9I. The van der Waals surface area contributed by atoms with Gasteiger partial charge in [-0.2, -0.15) is 0 Å². The molecule has 44 valence electrons. The van der Waals surface area contributed by atoms with Crippen LogP contribution in [0.15, 0.2) is 24.3 Å². The minimum atomic E-state index is 0.381. The Balaban J connectivity index is 2.65. The highest BCUT2D eigenvalue weighted by atomic mass is 127. The summed E-state index contributed by atoms with van der Waals surface area (Å²) in [6.45, 7) is 2.23. The fourth-order valence-corrected chi connectivity index (χ4v) is 1.16. The van der Waals surface area contributed by atoms with E-state index in [1.807, 2.05) is 0 Å². The molecule has 0 heterocycles. The average Bonchev–Trinajstić information content (AvgIpc) is 1.65. The fraction of sp³-hybridized carbons (Fsp3) is 0.429. The van der Waals surface area contributed by atoms with Crippen molar-refractivity contribution in [3.8, 4) is 0 Å². The van der Waals surface area contributed by atoms with E-state index in [-0.39, 0.29) is 0 Å². The standard InChI is InChI=1S/C7H9I/c1-7(8)5-3-2-4-6-7/h2-5H,6H2,1H3. The van der Waals surface area contributed by atoms with Gasteiger partial charge in [-0.25, -0.2) is 0 Å². The average molecular weight is 220 g/mol. The first-order chi connectivity index (χ1) is 3.71. The molecule has 0 aromatic heterocycles. The van der Waals surface area contributed by atoms with Gasteiger partial charge < -0.3 is 0 Å². The van der Waals surface area contributed by atoms with Gasteiger partial charge in [-0.1, -0.05) is 46.9 Å². The minimum absolute atomic E-state index is 0.381. The molecule has 1 atom stereocenters. The molecule has 0 aromatic carbocycles. The van der Waals surface area contributed by atoms with Crippen LogP contribution in [0.3, 0.4) is 0 Å². The van der Waals surface area contributed by atoms with Crippen LogP contribution in [0.1, 0.15) is 13.3 Å². The molecule has 1 rings (SSSR count). The number of allylic oxidation sites excluding steroid dienone is 4. The maximum atomic E-state index is 2.45. The molecule has 1 aliphatic rings. The predicted molar refractivity (Wildman–Crippen MR) is 45.3 cm³/mol. The second-order valence-corrected chi connectivity index (χ2v) is 4.73. The highest BCUT2D eigenvalue weighted by Gasteiger charge is 2.14. The van der Waals surface area contributed by atoms with Gasteiger partial charge in [0.25, 0.3) is 0 Å². The van der Waals surface area contributed by atoms with E-state index in [2.05, 4.69) is 53.8 Å². The SMILES string of the molecule is CC1(I)C=CC=CC1. The highest BCUT2D eigenvalue weighted by molar-refractivity contribution is 14.1. The lowest BCUT2D eigenvalue weighted by molar-refractivity contribution is 0.836. The van der Waals surface area contributed by atoms with Gasteiger partial charge in [-0.15, -0.1) is 0 Å². The van der Waals surface area contributed by atoms with Gasteiger partial charge in [0.1, 0.15) is 0 Å². The van der Waals surface area contributed by atoms with Crippen LogP contribution in [0, 0.1) is 0 Å². The third-order valence-electron chi connectivity index (χ3n) is 1.21. The van der Waals surface area contributed by atoms with Gasteiger partial charge in [0.05, 0.1) is 0 Å². The molecule has 8 heavy (non-hydrogen) atoms. The van der Waals surface area contributed by atoms with Crippen LogP contribution in [-0.2, 0) is 0 Å². The van der Waals surface area contributed by atoms with Crippen molar-refractivity contribution >= 4 is 22.6 Å². The fourth-order valence-electron chi connectivity index (χ4n) is 0.701. The first kappa shape index (κ1) is 6.33. The zero-order chi connectivity index (χ0) is 6.04. The molecule has 0 fully saturated rings. The Morgan fingerprint density at radius 3 is 2.50 bits per heavy atom. The highest BCUT2D eigenvalue weighted by Crippen LogP contribution is 2.26. The van der Waals surface area contributed by atoms with Crippen molar-refractivity contribution in [3.63, 3.8) is 0 Å². The molecule has 0 radical (unpaired) electrons. The lowest BCUT2D eigenvalue weighted by atomic mass is 10.0. The summed E-state index contributed by atoms with van der Waals surface area (Å²) in [4.78, 5) is 0. The molecule has 0 amide bonds. The Morgan fingerprint density at radius 2 is 2.25 bits per heavy atom. The van der Waals surface area contributed by atoms with Crippen LogP contribution in [-0.4, -0.2) is 3.42 Å². The monoisotopic (exact) mass is 220 g/mol. The summed E-state index contributed by atoms with van der Waals surface area (Å²) in [6, 6.07) is 0. The van der Waals surface area contributed by atoms with Gasteiger partial charge >= 0.3 is 0 Å². The third-order valence-corrected chi connectivity index (χ3v) is 2.01. The number of hydrogen-bond acceptors (Lipinski definition) is 0. The van der Waals surface area contributed by atoms with Crippen LogP contribution >= 0.6 is 22.6 Å². The van der Waals surface area contributed by atoms with E-state index in [9.17, 15) is 0 Å². The third kappa shape index (κ3) is 1.62. The summed E-state index contributed by atoms with van der Waals surface area (Å²) in [5.74, 6) is 0. The zero-order valence-corrected chi connectivity index (χ0v) is 7.05. The van der Waals surface area contributed by atoms with Crippen molar-refractivity contribution in [2.45, 2.75) is 16.8 Å². The van der Waals surface area contributed by atoms with Crippen LogP contribution in [0.4, 0.5) is 0 Å². The molecule has 1 unspecified atom stereocenters. The summed E-state index contributed by atoms with van der Waals surface area (Å²) in [6.07, 6.45) is 9.81. The second-order valence-electron chi connectivity index (χ2n) is 2.27. The summed E-state index contributed by atoms with van der Waals surface area (Å²) in [7, 11) is 0. The number of rotatable bonds is 0. The molecule has 0 aliphatic heterocycles. The number of hydrogen-bond donors (Lipinski definition) is 0. The van der Waals surface area contributed by atoms with Crippen LogP contribution in [0.2, 0.25) is 0 Å². The Labute approximate surface area is 63.8 Å². The van der Waals surface area contributed by atoms with Crippen LogP contribution in [0.25, 0.3) is 0 Å². The molecule has 0 saturated heterocycles. The Morgan fingerprint density at radius 1 is 1.50 bits per heavy atom. The van der Waals surface area contributed by atoms with Gasteiger partial charge in [0.2, 0.25) is 0 Å². The molecule has 0 aromatic rings. The molecule has 1 aliphatic carbocycles. The predicted octanol–water partition coefficient (Wildman–Crippen LogP) is 2.70. The molecule has 0 saturated carbocycles. The van der Waals surface area contributed by atoms with Crippen molar-refractivity contribution in [2.24, 2.45) is 0 Å². The Hall–Kier alpha value is 0.210. The van der Waals surface area contributed by atoms with E-state index in [4.69, 9.17) is 0 Å². The van der Waals surface area contributed by atoms with Crippen LogP contribution in [0.5, 0.6) is 0 Å². The lowest BCUT2D eigenvalue weighted by Gasteiger charge is -2.16. The molecule has 0 nitrogen and oxygen atoms in total. The molecule has 1 heteroatoms. The molecule has 0 N–H and O–H groups in total. The largest absolute Gasteiger partial charge is 0.0829 e. The molecule has 0 spiro atoms. The summed E-state index contributed by atoms with van der Waals surface area (Å²) in [5.41, 5.74) is 0. The Kier molecular flexibility index (Phi) is 1.75. The van der Waals surface area contributed by atoms with Crippen molar-refractivity contribution in [1.29, 1.82) is 0 Å². The summed E-state index contributed by atoms with van der Waals surface area (Å²) < 4.78 is 0.381. The van der Waals surface area contributed by atoms with Crippen LogP contribution < -0.4 is 0 Å². The molecular weight excluding hydrogens is 211 g/mol. The summed E-state index contributed by atoms with van der Waals surface area (Å²) in [5, 5.41) is 0. The van der Waals surface area contributed by atoms with E-state index >= 15 is 0 Å². The number of alkyl halides is 1. The normalized spacial score (nSPS) is 35.8. The second kappa shape index (κ2) is 2.21. The molecule has 0 bridgehead atoms. The minimum Gasteiger partial charge on any atom is -0.0829 e. The van der Waals surface area contributed by atoms with Crippen molar-refractivity contribution < 1.29 is 0 Å². The summed E-state index contributed by atoms with van der Waals surface area (Å²) >= 11 is 2.45. The van der Waals surface area contributed by atoms with E-state index in [0.29, 0.717) is 3.42 Å². The zero-order valence-electron chi connectivity index (χ0n) is 4.89. The van der Waals surface area contributed by atoms with Gasteiger partial charge in [0.15, 0.2) is 0 Å². The van der Waals surface area contributed by atoms with Crippen molar-refractivity contribution in [3.05, 3.63) is 24.3 Å². The topological polar surface area (TPSA) is 0 Å². The maximum absolute atomic E-state index is 2.45. The maximum Gasteiger partial charge on any atom is 0.0410 e. The van der Waals surface area contributed by atoms with Crippen molar-refractivity contribution in [2.75, 3.05) is 0 Å².